The van der Waals surface area contributed by atoms with E-state index in [2.05, 4.69) is 22.1 Å². The molecule has 2 N–H and O–H groups in total. The Balaban J connectivity index is 1.99. The number of rotatable bonds is 4. The molecule has 0 spiro atoms. The van der Waals surface area contributed by atoms with Gasteiger partial charge in [0.2, 0.25) is 0 Å². The van der Waals surface area contributed by atoms with Gasteiger partial charge in [-0.15, -0.1) is 10.2 Å². The second-order valence-corrected chi connectivity index (χ2v) is 3.55. The first-order chi connectivity index (χ1) is 6.81. The first kappa shape index (κ1) is 9.18. The van der Waals surface area contributed by atoms with Crippen LogP contribution in [0, 0.1) is 5.92 Å². The van der Waals surface area contributed by atoms with Crippen molar-refractivity contribution in [3.8, 4) is 0 Å². The van der Waals surface area contributed by atoms with Gasteiger partial charge in [-0.3, -0.25) is 4.99 Å². The lowest BCUT2D eigenvalue weighted by Gasteiger charge is -2.00. The van der Waals surface area contributed by atoms with Gasteiger partial charge in [-0.1, -0.05) is 0 Å². The summed E-state index contributed by atoms with van der Waals surface area (Å²) in [5.41, 5.74) is 5.78. The van der Waals surface area contributed by atoms with Crippen molar-refractivity contribution in [1.29, 1.82) is 0 Å². The zero-order chi connectivity index (χ0) is 9.97. The minimum Gasteiger partial charge on any atom is -0.387 e. The van der Waals surface area contributed by atoms with Crippen molar-refractivity contribution in [3.63, 3.8) is 0 Å². The van der Waals surface area contributed by atoms with Crippen LogP contribution in [0.25, 0.3) is 0 Å². The molecule has 14 heavy (non-hydrogen) atoms. The Morgan fingerprint density at radius 1 is 1.71 bits per heavy atom. The Bertz CT molecular complexity index is 337. The smallest absolute Gasteiger partial charge is 0.154 e. The van der Waals surface area contributed by atoms with Gasteiger partial charge in [-0.25, -0.2) is 0 Å². The molecule has 5 heteroatoms. The maximum absolute atomic E-state index is 5.78. The molecule has 1 aromatic heterocycles. The summed E-state index contributed by atoms with van der Waals surface area (Å²) >= 11 is 0. The normalized spacial score (nSPS) is 17.4. The summed E-state index contributed by atoms with van der Waals surface area (Å²) in [6.45, 7) is 3.48. The fourth-order valence-corrected chi connectivity index (χ4v) is 1.34. The molecule has 0 atom stereocenters. The van der Waals surface area contributed by atoms with Crippen LogP contribution in [0.5, 0.6) is 0 Å². The van der Waals surface area contributed by atoms with Crippen molar-refractivity contribution in [1.82, 2.24) is 14.8 Å². The molecule has 1 fully saturated rings. The number of aliphatic imine (C=N–C) groups is 1. The van der Waals surface area contributed by atoms with Gasteiger partial charge in [0.1, 0.15) is 12.9 Å². The number of hydrogen-bond acceptors (Lipinski definition) is 3. The maximum Gasteiger partial charge on any atom is 0.154 e. The molecule has 0 aliphatic heterocycles. The lowest BCUT2D eigenvalue weighted by Crippen LogP contribution is -2.14. The fourth-order valence-electron chi connectivity index (χ4n) is 1.34. The first-order valence-electron chi connectivity index (χ1n) is 4.97. The third kappa shape index (κ3) is 1.92. The zero-order valence-corrected chi connectivity index (χ0v) is 8.35. The minimum absolute atomic E-state index is 0.535. The molecule has 1 aromatic rings. The van der Waals surface area contributed by atoms with Gasteiger partial charge in [0.05, 0.1) is 5.84 Å². The zero-order valence-electron chi connectivity index (χ0n) is 8.35. The van der Waals surface area contributed by atoms with Gasteiger partial charge in [0.25, 0.3) is 0 Å². The highest BCUT2D eigenvalue weighted by atomic mass is 15.3. The molecule has 0 aromatic carbocycles. The van der Waals surface area contributed by atoms with Crippen LogP contribution in [0.4, 0.5) is 0 Å². The minimum atomic E-state index is 0.535. The molecule has 76 valence electrons. The van der Waals surface area contributed by atoms with E-state index in [1.165, 1.54) is 12.8 Å². The third-order valence-electron chi connectivity index (χ3n) is 2.44. The summed E-state index contributed by atoms with van der Waals surface area (Å²) in [4.78, 5) is 4.31. The van der Waals surface area contributed by atoms with Crippen LogP contribution in [0.15, 0.2) is 11.3 Å². The van der Waals surface area contributed by atoms with E-state index in [0.29, 0.717) is 12.5 Å². The van der Waals surface area contributed by atoms with Gasteiger partial charge in [0.15, 0.2) is 5.82 Å². The average molecular weight is 193 g/mol. The molecule has 1 aliphatic rings. The second kappa shape index (κ2) is 3.77. The SMILES string of the molecule is CCn1cnnc1CN=C(N)C1CC1. The number of aryl methyl sites for hydroxylation is 1. The van der Waals surface area contributed by atoms with Crippen LogP contribution < -0.4 is 5.73 Å². The first-order valence-corrected chi connectivity index (χ1v) is 4.97. The van der Waals surface area contributed by atoms with Crippen LogP contribution in [-0.4, -0.2) is 20.6 Å². The standard InChI is InChI=1S/C9H15N5/c1-2-14-6-12-13-8(14)5-11-9(10)7-3-4-7/h6-7H,2-5H2,1H3,(H2,10,11). The Hall–Kier alpha value is -1.39. The topological polar surface area (TPSA) is 69.1 Å². The third-order valence-corrected chi connectivity index (χ3v) is 2.44. The van der Waals surface area contributed by atoms with E-state index >= 15 is 0 Å². The lowest BCUT2D eigenvalue weighted by atomic mass is 10.4. The summed E-state index contributed by atoms with van der Waals surface area (Å²) in [7, 11) is 0. The average Bonchev–Trinajstić information content (AvgIpc) is 2.94. The Morgan fingerprint density at radius 2 is 2.50 bits per heavy atom. The second-order valence-electron chi connectivity index (χ2n) is 3.55. The van der Waals surface area contributed by atoms with E-state index in [0.717, 1.165) is 18.2 Å². The van der Waals surface area contributed by atoms with E-state index in [1.807, 2.05) is 4.57 Å². The van der Waals surface area contributed by atoms with Crippen molar-refractivity contribution in [3.05, 3.63) is 12.2 Å². The number of nitrogens with two attached hydrogens (primary N) is 1. The lowest BCUT2D eigenvalue weighted by molar-refractivity contribution is 0.698. The molecule has 0 radical (unpaired) electrons. The summed E-state index contributed by atoms with van der Waals surface area (Å²) < 4.78 is 1.98. The molecule has 1 saturated carbocycles. The van der Waals surface area contributed by atoms with Crippen molar-refractivity contribution >= 4 is 5.84 Å². The predicted molar refractivity (Wildman–Crippen MR) is 53.7 cm³/mol. The van der Waals surface area contributed by atoms with Crippen molar-refractivity contribution in [2.24, 2.45) is 16.6 Å². The van der Waals surface area contributed by atoms with Crippen LogP contribution in [-0.2, 0) is 13.1 Å². The number of aromatic nitrogens is 3. The Morgan fingerprint density at radius 3 is 3.14 bits per heavy atom. The summed E-state index contributed by atoms with van der Waals surface area (Å²) in [5, 5.41) is 7.82. The molecule has 1 aliphatic carbocycles. The van der Waals surface area contributed by atoms with Crippen LogP contribution in [0.3, 0.4) is 0 Å². The molecule has 5 nitrogen and oxygen atoms in total. The van der Waals surface area contributed by atoms with Gasteiger partial charge in [0, 0.05) is 12.5 Å². The van der Waals surface area contributed by atoms with E-state index in [9.17, 15) is 0 Å². The van der Waals surface area contributed by atoms with Gasteiger partial charge >= 0.3 is 0 Å². The Kier molecular flexibility index (Phi) is 2.47. The summed E-state index contributed by atoms with van der Waals surface area (Å²) in [6.07, 6.45) is 4.10. The molecule has 0 saturated heterocycles. The largest absolute Gasteiger partial charge is 0.387 e. The number of amidine groups is 1. The van der Waals surface area contributed by atoms with Gasteiger partial charge in [-0.05, 0) is 19.8 Å². The maximum atomic E-state index is 5.78. The van der Waals surface area contributed by atoms with Crippen LogP contribution in [0.1, 0.15) is 25.6 Å². The summed E-state index contributed by atoms with van der Waals surface area (Å²) in [6, 6.07) is 0. The van der Waals surface area contributed by atoms with E-state index in [1.54, 1.807) is 6.33 Å². The van der Waals surface area contributed by atoms with Crippen molar-refractivity contribution in [2.75, 3.05) is 0 Å². The molecule has 0 amide bonds. The molecule has 0 bridgehead atoms. The summed E-state index contributed by atoms with van der Waals surface area (Å²) in [5.74, 6) is 2.19. The van der Waals surface area contributed by atoms with Gasteiger partial charge in [-0.2, -0.15) is 0 Å². The highest BCUT2D eigenvalue weighted by Crippen LogP contribution is 2.28. The van der Waals surface area contributed by atoms with E-state index in [-0.39, 0.29) is 0 Å². The molecule has 0 unspecified atom stereocenters. The highest BCUT2D eigenvalue weighted by Gasteiger charge is 2.25. The highest BCUT2D eigenvalue weighted by molar-refractivity contribution is 5.84. The molecule has 1 heterocycles. The predicted octanol–water partition coefficient (Wildman–Crippen LogP) is 0.565. The Labute approximate surface area is 83.0 Å². The molecular formula is C9H15N5. The fraction of sp³-hybridized carbons (Fsp3) is 0.667. The van der Waals surface area contributed by atoms with Gasteiger partial charge < -0.3 is 10.3 Å². The quantitative estimate of drug-likeness (QED) is 0.561. The molecular weight excluding hydrogens is 178 g/mol. The van der Waals surface area contributed by atoms with Crippen molar-refractivity contribution in [2.45, 2.75) is 32.9 Å². The molecule has 2 rings (SSSR count). The number of nitrogens with zero attached hydrogens (tertiary/aromatic N) is 4. The van der Waals surface area contributed by atoms with E-state index in [4.69, 9.17) is 5.73 Å². The van der Waals surface area contributed by atoms with E-state index < -0.39 is 0 Å². The van der Waals surface area contributed by atoms with Crippen LogP contribution in [0.2, 0.25) is 0 Å². The number of hydrogen-bond donors (Lipinski definition) is 1. The van der Waals surface area contributed by atoms with Crippen molar-refractivity contribution < 1.29 is 0 Å². The monoisotopic (exact) mass is 193 g/mol. The van der Waals surface area contributed by atoms with Crippen LogP contribution >= 0.6 is 0 Å².